The lowest BCUT2D eigenvalue weighted by molar-refractivity contribution is 0.156. The Balaban J connectivity index is 1.27. The predicted molar refractivity (Wildman–Crippen MR) is 112 cm³/mol. The van der Waals surface area contributed by atoms with Gasteiger partial charge in [-0.3, -0.25) is 9.89 Å². The van der Waals surface area contributed by atoms with Crippen LogP contribution in [0.3, 0.4) is 0 Å². The van der Waals surface area contributed by atoms with E-state index >= 15 is 0 Å². The van der Waals surface area contributed by atoms with Crippen molar-refractivity contribution in [3.05, 3.63) is 22.4 Å². The Kier molecular flexibility index (Phi) is 6.35. The Labute approximate surface area is 167 Å². The first kappa shape index (κ1) is 19.2. The molecule has 6 heteroatoms. The van der Waals surface area contributed by atoms with Crippen molar-refractivity contribution in [2.24, 2.45) is 16.3 Å². The van der Waals surface area contributed by atoms with Crippen molar-refractivity contribution in [2.75, 3.05) is 52.5 Å². The summed E-state index contributed by atoms with van der Waals surface area (Å²) in [5.41, 5.74) is 0.392. The van der Waals surface area contributed by atoms with Gasteiger partial charge in [-0.1, -0.05) is 6.07 Å². The molecule has 1 atom stereocenters. The number of hydrogen-bond donors (Lipinski definition) is 1. The lowest BCUT2D eigenvalue weighted by Gasteiger charge is -2.31. The summed E-state index contributed by atoms with van der Waals surface area (Å²) in [5, 5.41) is 5.71. The minimum atomic E-state index is 0.392. The molecule has 0 amide bonds. The van der Waals surface area contributed by atoms with Gasteiger partial charge in [0.2, 0.25) is 0 Å². The van der Waals surface area contributed by atoms with E-state index in [0.717, 1.165) is 57.8 Å². The Hall–Kier alpha value is -1.11. The highest BCUT2D eigenvalue weighted by atomic mass is 32.1. The number of aliphatic imine (C=N–C) groups is 1. The molecule has 0 saturated carbocycles. The van der Waals surface area contributed by atoms with Crippen molar-refractivity contribution < 1.29 is 4.74 Å². The average Bonchev–Trinajstić information content (AvgIpc) is 3.44. The molecule has 3 aliphatic rings. The summed E-state index contributed by atoms with van der Waals surface area (Å²) in [7, 11) is 0. The molecule has 1 spiro atoms. The summed E-state index contributed by atoms with van der Waals surface area (Å²) < 4.78 is 5.68. The molecular weight excluding hydrogens is 356 g/mol. The van der Waals surface area contributed by atoms with Crippen molar-refractivity contribution in [2.45, 2.75) is 39.2 Å². The maximum Gasteiger partial charge on any atom is 0.193 e. The standard InChI is InChI=1S/C21H34N4OS/c1-2-22-20(25-11-7-21(16-25)8-12-26-17-21)23-14-18-5-9-24(10-6-18)15-19-4-3-13-27-19/h3-4,13,18H,2,5-12,14-17H2,1H3,(H,22,23). The fourth-order valence-electron chi connectivity index (χ4n) is 4.68. The van der Waals surface area contributed by atoms with Crippen LogP contribution in [0.15, 0.2) is 22.5 Å². The highest BCUT2D eigenvalue weighted by Gasteiger charge is 2.42. The number of thiophene rings is 1. The van der Waals surface area contributed by atoms with E-state index in [1.807, 2.05) is 11.3 Å². The Morgan fingerprint density at radius 3 is 2.93 bits per heavy atom. The SMILES string of the molecule is CCNC(=NCC1CCN(Cc2cccs2)CC1)N1CCC2(CCOC2)C1. The number of rotatable bonds is 5. The second-order valence-corrected chi connectivity index (χ2v) is 9.50. The minimum absolute atomic E-state index is 0.392. The van der Waals surface area contributed by atoms with Crippen molar-refractivity contribution >= 4 is 17.3 Å². The molecule has 1 aromatic rings. The van der Waals surface area contributed by atoms with E-state index in [9.17, 15) is 0 Å². The molecule has 27 heavy (non-hydrogen) atoms. The van der Waals surface area contributed by atoms with Gasteiger partial charge in [-0.05, 0) is 63.1 Å². The Morgan fingerprint density at radius 1 is 1.33 bits per heavy atom. The van der Waals surface area contributed by atoms with E-state index in [0.29, 0.717) is 5.41 Å². The zero-order chi connectivity index (χ0) is 18.5. The molecule has 3 aliphatic heterocycles. The van der Waals surface area contributed by atoms with Gasteiger partial charge in [-0.15, -0.1) is 11.3 Å². The molecule has 3 fully saturated rings. The lowest BCUT2D eigenvalue weighted by Crippen LogP contribution is -2.42. The normalized spacial score (nSPS) is 27.7. The fourth-order valence-corrected chi connectivity index (χ4v) is 5.42. The van der Waals surface area contributed by atoms with Crippen LogP contribution in [0.5, 0.6) is 0 Å². The van der Waals surface area contributed by atoms with Crippen LogP contribution in [-0.4, -0.2) is 68.2 Å². The molecule has 1 N–H and O–H groups in total. The first-order chi connectivity index (χ1) is 13.3. The molecular formula is C21H34N4OS. The second-order valence-electron chi connectivity index (χ2n) is 8.47. The van der Waals surface area contributed by atoms with Gasteiger partial charge in [-0.25, -0.2) is 0 Å². The van der Waals surface area contributed by atoms with E-state index in [1.54, 1.807) is 0 Å². The third-order valence-electron chi connectivity index (χ3n) is 6.42. The van der Waals surface area contributed by atoms with Crippen LogP contribution in [0.25, 0.3) is 0 Å². The molecule has 150 valence electrons. The first-order valence-electron chi connectivity index (χ1n) is 10.6. The van der Waals surface area contributed by atoms with Crippen LogP contribution < -0.4 is 5.32 Å². The fraction of sp³-hybridized carbons (Fsp3) is 0.762. The highest BCUT2D eigenvalue weighted by molar-refractivity contribution is 7.09. The number of nitrogens with one attached hydrogen (secondary N) is 1. The molecule has 3 saturated heterocycles. The van der Waals surface area contributed by atoms with Crippen molar-refractivity contribution in [3.63, 3.8) is 0 Å². The lowest BCUT2D eigenvalue weighted by atomic mass is 9.87. The summed E-state index contributed by atoms with van der Waals surface area (Å²) in [6, 6.07) is 4.41. The van der Waals surface area contributed by atoms with Gasteiger partial charge in [0, 0.05) is 49.6 Å². The molecule has 0 aliphatic carbocycles. The summed E-state index contributed by atoms with van der Waals surface area (Å²) in [6.45, 7) is 11.7. The highest BCUT2D eigenvalue weighted by Crippen LogP contribution is 2.38. The van der Waals surface area contributed by atoms with Crippen LogP contribution in [0.4, 0.5) is 0 Å². The maximum absolute atomic E-state index is 5.68. The number of nitrogens with zero attached hydrogens (tertiary/aromatic N) is 3. The van der Waals surface area contributed by atoms with Crippen molar-refractivity contribution in [1.82, 2.24) is 15.1 Å². The largest absolute Gasteiger partial charge is 0.381 e. The second kappa shape index (κ2) is 8.93. The number of hydrogen-bond acceptors (Lipinski definition) is 4. The van der Waals surface area contributed by atoms with Gasteiger partial charge in [0.15, 0.2) is 5.96 Å². The third kappa shape index (κ3) is 4.84. The summed E-state index contributed by atoms with van der Waals surface area (Å²) in [6.07, 6.45) is 5.00. The first-order valence-corrected chi connectivity index (χ1v) is 11.5. The maximum atomic E-state index is 5.68. The monoisotopic (exact) mass is 390 g/mol. The van der Waals surface area contributed by atoms with E-state index < -0.39 is 0 Å². The van der Waals surface area contributed by atoms with E-state index in [4.69, 9.17) is 9.73 Å². The van der Waals surface area contributed by atoms with Gasteiger partial charge in [0.25, 0.3) is 0 Å². The van der Waals surface area contributed by atoms with Crippen LogP contribution in [-0.2, 0) is 11.3 Å². The van der Waals surface area contributed by atoms with Crippen LogP contribution in [0.1, 0.15) is 37.5 Å². The number of piperidine rings is 1. The van der Waals surface area contributed by atoms with Gasteiger partial charge < -0.3 is 15.0 Å². The third-order valence-corrected chi connectivity index (χ3v) is 7.28. The van der Waals surface area contributed by atoms with Crippen LogP contribution in [0, 0.1) is 11.3 Å². The predicted octanol–water partition coefficient (Wildman–Crippen LogP) is 3.04. The number of likely N-dealkylation sites (tertiary alicyclic amines) is 2. The molecule has 0 bridgehead atoms. The van der Waals surface area contributed by atoms with E-state index in [1.165, 1.54) is 43.6 Å². The Morgan fingerprint density at radius 2 is 2.22 bits per heavy atom. The molecule has 4 rings (SSSR count). The van der Waals surface area contributed by atoms with Gasteiger partial charge >= 0.3 is 0 Å². The summed E-state index contributed by atoms with van der Waals surface area (Å²) >= 11 is 1.87. The van der Waals surface area contributed by atoms with Crippen molar-refractivity contribution in [1.29, 1.82) is 0 Å². The number of ether oxygens (including phenoxy) is 1. The van der Waals surface area contributed by atoms with Crippen LogP contribution >= 0.6 is 11.3 Å². The average molecular weight is 391 g/mol. The molecule has 1 unspecified atom stereocenters. The van der Waals surface area contributed by atoms with Crippen LogP contribution in [0.2, 0.25) is 0 Å². The van der Waals surface area contributed by atoms with Gasteiger partial charge in [-0.2, -0.15) is 0 Å². The Bertz CT molecular complexity index is 604. The molecule has 1 aromatic heterocycles. The van der Waals surface area contributed by atoms with E-state index in [-0.39, 0.29) is 0 Å². The summed E-state index contributed by atoms with van der Waals surface area (Å²) in [5.74, 6) is 1.85. The smallest absolute Gasteiger partial charge is 0.193 e. The quantitative estimate of drug-likeness (QED) is 0.620. The van der Waals surface area contributed by atoms with Gasteiger partial charge in [0.05, 0.1) is 6.61 Å². The summed E-state index contributed by atoms with van der Waals surface area (Å²) in [4.78, 5) is 11.6. The minimum Gasteiger partial charge on any atom is -0.381 e. The van der Waals surface area contributed by atoms with Gasteiger partial charge in [0.1, 0.15) is 0 Å². The molecule has 0 aromatic carbocycles. The molecule has 0 radical (unpaired) electrons. The topological polar surface area (TPSA) is 40.1 Å². The zero-order valence-corrected chi connectivity index (χ0v) is 17.5. The molecule has 5 nitrogen and oxygen atoms in total. The zero-order valence-electron chi connectivity index (χ0n) is 16.7. The van der Waals surface area contributed by atoms with Crippen molar-refractivity contribution in [3.8, 4) is 0 Å². The van der Waals surface area contributed by atoms with E-state index in [2.05, 4.69) is 39.6 Å². The number of guanidine groups is 1. The molecule has 4 heterocycles.